The van der Waals surface area contributed by atoms with Crippen LogP contribution in [0.4, 0.5) is 11.4 Å². The number of ether oxygens (including phenoxy) is 2. The van der Waals surface area contributed by atoms with Crippen molar-refractivity contribution in [1.82, 2.24) is 0 Å². The molecule has 0 amide bonds. The Kier molecular flexibility index (Phi) is 3.95. The molecule has 0 spiro atoms. The summed E-state index contributed by atoms with van der Waals surface area (Å²) in [6, 6.07) is 3.58. The fourth-order valence-electron chi connectivity index (χ4n) is 3.38. The van der Waals surface area contributed by atoms with Gasteiger partial charge in [-0.05, 0) is 31.4 Å². The van der Waals surface area contributed by atoms with Crippen LogP contribution < -0.4 is 10.6 Å². The molecule has 1 saturated carbocycles. The van der Waals surface area contributed by atoms with Gasteiger partial charge in [0.25, 0.3) is 0 Å². The first kappa shape index (κ1) is 14.5. The molecule has 1 aliphatic heterocycles. The standard InChI is InChI=1S/C15H19ClN2O3/c1-20-15(19)10-7-9(17)8-11(16)14(10)18-5-6-21-13-4-2-3-12(13)18/h7-8,12-13H,2-6,17H2,1H3. The lowest BCUT2D eigenvalue weighted by Crippen LogP contribution is -2.49. The summed E-state index contributed by atoms with van der Waals surface area (Å²) in [6.45, 7) is 1.36. The van der Waals surface area contributed by atoms with Crippen LogP contribution in [-0.2, 0) is 9.47 Å². The fraction of sp³-hybridized carbons (Fsp3) is 0.533. The number of nitrogens with zero attached hydrogens (tertiary/aromatic N) is 1. The monoisotopic (exact) mass is 310 g/mol. The Morgan fingerprint density at radius 3 is 3.05 bits per heavy atom. The number of hydrogen-bond donors (Lipinski definition) is 1. The fourth-order valence-corrected chi connectivity index (χ4v) is 3.72. The van der Waals surface area contributed by atoms with Gasteiger partial charge in [0.05, 0.1) is 42.1 Å². The highest BCUT2D eigenvalue weighted by Crippen LogP contribution is 2.39. The van der Waals surface area contributed by atoms with Gasteiger partial charge >= 0.3 is 5.97 Å². The molecule has 2 unspecified atom stereocenters. The van der Waals surface area contributed by atoms with Crippen LogP contribution in [0.15, 0.2) is 12.1 Å². The number of nitrogens with two attached hydrogens (primary N) is 1. The van der Waals surface area contributed by atoms with Gasteiger partial charge in [-0.1, -0.05) is 11.6 Å². The topological polar surface area (TPSA) is 64.8 Å². The maximum atomic E-state index is 12.1. The summed E-state index contributed by atoms with van der Waals surface area (Å²) in [5.41, 5.74) is 7.43. The van der Waals surface area contributed by atoms with Gasteiger partial charge < -0.3 is 20.1 Å². The van der Waals surface area contributed by atoms with E-state index in [0.717, 1.165) is 31.5 Å². The highest BCUT2D eigenvalue weighted by Gasteiger charge is 2.38. The van der Waals surface area contributed by atoms with Crippen LogP contribution >= 0.6 is 11.6 Å². The highest BCUT2D eigenvalue weighted by molar-refractivity contribution is 6.34. The van der Waals surface area contributed by atoms with Crippen LogP contribution in [0.2, 0.25) is 5.02 Å². The second-order valence-corrected chi connectivity index (χ2v) is 5.90. The van der Waals surface area contributed by atoms with Crippen molar-refractivity contribution in [3.63, 3.8) is 0 Å². The molecule has 0 radical (unpaired) electrons. The van der Waals surface area contributed by atoms with E-state index in [1.807, 2.05) is 0 Å². The number of anilines is 2. The normalized spacial score (nSPS) is 24.8. The summed E-state index contributed by atoms with van der Waals surface area (Å²) >= 11 is 6.39. The maximum Gasteiger partial charge on any atom is 0.340 e. The molecule has 6 heteroatoms. The number of carbonyl (C=O) groups excluding carboxylic acids is 1. The van der Waals surface area contributed by atoms with Crippen molar-refractivity contribution < 1.29 is 14.3 Å². The van der Waals surface area contributed by atoms with Crippen molar-refractivity contribution in [3.05, 3.63) is 22.7 Å². The lowest BCUT2D eigenvalue weighted by molar-refractivity contribution is 0.0254. The minimum Gasteiger partial charge on any atom is -0.465 e. The number of carbonyl (C=O) groups is 1. The van der Waals surface area contributed by atoms with E-state index in [0.29, 0.717) is 22.9 Å². The Bertz CT molecular complexity index is 564. The quantitative estimate of drug-likeness (QED) is 0.671. The van der Waals surface area contributed by atoms with E-state index < -0.39 is 5.97 Å². The Morgan fingerprint density at radius 2 is 2.29 bits per heavy atom. The van der Waals surface area contributed by atoms with Gasteiger partial charge in [-0.15, -0.1) is 0 Å². The second-order valence-electron chi connectivity index (χ2n) is 5.49. The maximum absolute atomic E-state index is 12.1. The largest absolute Gasteiger partial charge is 0.465 e. The molecule has 21 heavy (non-hydrogen) atoms. The molecule has 1 heterocycles. The van der Waals surface area contributed by atoms with Gasteiger partial charge in [0, 0.05) is 12.2 Å². The zero-order valence-corrected chi connectivity index (χ0v) is 12.7. The molecule has 2 aliphatic rings. The SMILES string of the molecule is COC(=O)c1cc(N)cc(Cl)c1N1CCOC2CCCC21. The average molecular weight is 311 g/mol. The first-order chi connectivity index (χ1) is 10.1. The van der Waals surface area contributed by atoms with Crippen LogP contribution in [0.5, 0.6) is 0 Å². The van der Waals surface area contributed by atoms with Gasteiger partial charge in [-0.2, -0.15) is 0 Å². The lowest BCUT2D eigenvalue weighted by Gasteiger charge is -2.40. The Balaban J connectivity index is 2.06. The molecule has 0 bridgehead atoms. The molecule has 2 fully saturated rings. The first-order valence-corrected chi connectivity index (χ1v) is 7.55. The number of benzene rings is 1. The number of rotatable bonds is 2. The van der Waals surface area contributed by atoms with Crippen LogP contribution in [0.25, 0.3) is 0 Å². The van der Waals surface area contributed by atoms with Gasteiger partial charge in [-0.25, -0.2) is 4.79 Å². The smallest absolute Gasteiger partial charge is 0.340 e. The van der Waals surface area contributed by atoms with Gasteiger partial charge in [0.2, 0.25) is 0 Å². The molecule has 1 saturated heterocycles. The molecular formula is C15H19ClN2O3. The molecule has 114 valence electrons. The van der Waals surface area contributed by atoms with E-state index in [2.05, 4.69) is 4.90 Å². The van der Waals surface area contributed by atoms with E-state index in [1.54, 1.807) is 12.1 Å². The Morgan fingerprint density at radius 1 is 1.48 bits per heavy atom. The molecule has 0 aromatic heterocycles. The van der Waals surface area contributed by atoms with E-state index in [9.17, 15) is 4.79 Å². The van der Waals surface area contributed by atoms with Crippen molar-refractivity contribution in [3.8, 4) is 0 Å². The van der Waals surface area contributed by atoms with Crippen molar-refractivity contribution in [1.29, 1.82) is 0 Å². The van der Waals surface area contributed by atoms with Crippen LogP contribution in [-0.4, -0.2) is 38.4 Å². The number of fused-ring (bicyclic) bond motifs is 1. The predicted octanol–water partition coefficient (Wildman–Crippen LogP) is 2.47. The zero-order valence-electron chi connectivity index (χ0n) is 12.0. The number of halogens is 1. The summed E-state index contributed by atoms with van der Waals surface area (Å²) in [5.74, 6) is -0.416. The summed E-state index contributed by atoms with van der Waals surface area (Å²) in [6.07, 6.45) is 3.46. The molecule has 3 rings (SSSR count). The van der Waals surface area contributed by atoms with E-state index in [1.165, 1.54) is 7.11 Å². The van der Waals surface area contributed by atoms with Crippen molar-refractivity contribution in [2.24, 2.45) is 0 Å². The molecule has 1 aromatic carbocycles. The number of esters is 1. The molecule has 2 N–H and O–H groups in total. The van der Waals surface area contributed by atoms with Crippen LogP contribution in [0.3, 0.4) is 0 Å². The molecule has 5 nitrogen and oxygen atoms in total. The van der Waals surface area contributed by atoms with Crippen molar-refractivity contribution >= 4 is 28.9 Å². The van der Waals surface area contributed by atoms with Crippen LogP contribution in [0.1, 0.15) is 29.6 Å². The second kappa shape index (κ2) is 5.73. The molecular weight excluding hydrogens is 292 g/mol. The minimum absolute atomic E-state index is 0.220. The zero-order chi connectivity index (χ0) is 15.0. The third kappa shape index (κ3) is 2.56. The third-order valence-corrected chi connectivity index (χ3v) is 4.55. The Hall–Kier alpha value is -1.46. The highest BCUT2D eigenvalue weighted by atomic mass is 35.5. The lowest BCUT2D eigenvalue weighted by atomic mass is 10.1. The van der Waals surface area contributed by atoms with Crippen molar-refractivity contribution in [2.45, 2.75) is 31.4 Å². The van der Waals surface area contributed by atoms with Gasteiger partial charge in [-0.3, -0.25) is 0 Å². The minimum atomic E-state index is -0.416. The number of methoxy groups -OCH3 is 1. The van der Waals surface area contributed by atoms with E-state index in [-0.39, 0.29) is 12.1 Å². The molecule has 1 aromatic rings. The first-order valence-electron chi connectivity index (χ1n) is 7.17. The third-order valence-electron chi connectivity index (χ3n) is 4.26. The van der Waals surface area contributed by atoms with E-state index >= 15 is 0 Å². The number of nitrogen functional groups attached to an aromatic ring is 1. The summed E-state index contributed by atoms with van der Waals surface area (Å²) in [7, 11) is 1.36. The summed E-state index contributed by atoms with van der Waals surface area (Å²) in [4.78, 5) is 14.3. The predicted molar refractivity (Wildman–Crippen MR) is 81.9 cm³/mol. The van der Waals surface area contributed by atoms with E-state index in [4.69, 9.17) is 26.8 Å². The van der Waals surface area contributed by atoms with Crippen LogP contribution in [0, 0.1) is 0 Å². The summed E-state index contributed by atoms with van der Waals surface area (Å²) < 4.78 is 10.7. The van der Waals surface area contributed by atoms with Gasteiger partial charge in [0.1, 0.15) is 0 Å². The van der Waals surface area contributed by atoms with Crippen molar-refractivity contribution in [2.75, 3.05) is 30.9 Å². The molecule has 2 atom stereocenters. The average Bonchev–Trinajstić information content (AvgIpc) is 2.94. The Labute approximate surface area is 128 Å². The van der Waals surface area contributed by atoms with Gasteiger partial charge in [0.15, 0.2) is 0 Å². The number of hydrogen-bond acceptors (Lipinski definition) is 5. The number of morpholine rings is 1. The summed E-state index contributed by atoms with van der Waals surface area (Å²) in [5, 5.41) is 0.489. The molecule has 1 aliphatic carbocycles.